The second kappa shape index (κ2) is 3.58. The van der Waals surface area contributed by atoms with Gasteiger partial charge in [0, 0.05) is 0 Å². The first kappa shape index (κ1) is 10.4. The van der Waals surface area contributed by atoms with E-state index in [9.17, 15) is 19.3 Å². The van der Waals surface area contributed by atoms with Crippen molar-refractivity contribution in [3.05, 3.63) is 21.3 Å². The molecule has 0 aliphatic heterocycles. The molecule has 0 bridgehead atoms. The average Bonchev–Trinajstić information content (AvgIpc) is 2.45. The molecule has 1 unspecified atom stereocenters. The Hall–Kier alpha value is -1.70. The highest BCUT2D eigenvalue weighted by Crippen LogP contribution is 2.23. The first-order valence-corrected chi connectivity index (χ1v) is 3.57. The van der Waals surface area contributed by atoms with Crippen molar-refractivity contribution in [1.82, 2.24) is 9.78 Å². The summed E-state index contributed by atoms with van der Waals surface area (Å²) in [6.45, 7) is 0. The van der Waals surface area contributed by atoms with E-state index in [4.69, 9.17) is 16.7 Å². The van der Waals surface area contributed by atoms with E-state index in [0.29, 0.717) is 0 Å². The molecule has 0 amide bonds. The summed E-state index contributed by atoms with van der Waals surface area (Å²) in [5, 5.41) is 21.1. The van der Waals surface area contributed by atoms with Gasteiger partial charge in [0.05, 0.1) is 11.3 Å². The van der Waals surface area contributed by atoms with Crippen molar-refractivity contribution in [2.45, 2.75) is 6.30 Å². The van der Waals surface area contributed by atoms with Gasteiger partial charge < -0.3 is 15.2 Å². The van der Waals surface area contributed by atoms with Crippen LogP contribution in [0, 0.1) is 10.1 Å². The molecule has 0 radical (unpaired) electrons. The molecule has 0 saturated carbocycles. The molecule has 76 valence electrons. The summed E-state index contributed by atoms with van der Waals surface area (Å²) >= 11 is 5.30. The molecule has 0 aromatic carbocycles. The fourth-order valence-electron chi connectivity index (χ4n) is 0.713. The average molecular weight is 224 g/mol. The molecular weight excluding hydrogens is 221 g/mol. The largest absolute Gasteiger partial charge is 0.478 e. The summed E-state index contributed by atoms with van der Waals surface area (Å²) in [6, 6.07) is 0. The molecule has 9 heteroatoms. The van der Waals surface area contributed by atoms with E-state index in [-0.39, 0.29) is 4.68 Å². The number of hydrogen-bond acceptors (Lipinski definition) is 4. The van der Waals surface area contributed by atoms with Gasteiger partial charge in [0.15, 0.2) is 5.02 Å². The van der Waals surface area contributed by atoms with Gasteiger partial charge in [-0.3, -0.25) is 0 Å². The van der Waals surface area contributed by atoms with E-state index < -0.39 is 28.0 Å². The lowest BCUT2D eigenvalue weighted by molar-refractivity contribution is -0.389. The Kier molecular flexibility index (Phi) is 2.65. The Morgan fingerprint density at radius 2 is 2.43 bits per heavy atom. The smallest absolute Gasteiger partial charge is 0.408 e. The number of carbonyl (C=O) groups is 1. The lowest BCUT2D eigenvalue weighted by atomic mass is 10.6. The zero-order valence-electron chi connectivity index (χ0n) is 6.42. The number of halogens is 2. The third-order valence-corrected chi connectivity index (χ3v) is 1.55. The molecule has 7 nitrogen and oxygen atoms in total. The van der Waals surface area contributed by atoms with Crippen LogP contribution in [0.3, 0.4) is 0 Å². The van der Waals surface area contributed by atoms with Crippen molar-refractivity contribution >= 4 is 23.4 Å². The van der Waals surface area contributed by atoms with Crippen molar-refractivity contribution < 1.29 is 19.2 Å². The molecule has 1 N–H and O–H groups in total. The van der Waals surface area contributed by atoms with Gasteiger partial charge >= 0.3 is 18.1 Å². The Balaban J connectivity index is 3.08. The van der Waals surface area contributed by atoms with Gasteiger partial charge in [0.25, 0.3) is 0 Å². The molecule has 14 heavy (non-hydrogen) atoms. The molecule has 1 atom stereocenters. The van der Waals surface area contributed by atoms with Crippen LogP contribution in [0.15, 0.2) is 6.20 Å². The fraction of sp³-hybridized carbons (Fsp3) is 0.200. The molecule has 0 aliphatic carbocycles. The fourth-order valence-corrected chi connectivity index (χ4v) is 0.920. The number of carboxylic acid groups (broad SMARTS) is 1. The summed E-state index contributed by atoms with van der Waals surface area (Å²) in [7, 11) is 0. The highest BCUT2D eigenvalue weighted by Gasteiger charge is 2.27. The Bertz CT molecular complexity index is 392. The summed E-state index contributed by atoms with van der Waals surface area (Å²) < 4.78 is 13.0. The van der Waals surface area contributed by atoms with Crippen LogP contribution in [0.4, 0.5) is 10.2 Å². The van der Waals surface area contributed by atoms with E-state index in [2.05, 4.69) is 5.10 Å². The zero-order chi connectivity index (χ0) is 10.9. The lowest BCUT2D eigenvalue weighted by Crippen LogP contribution is -2.14. The molecule has 0 fully saturated rings. The van der Waals surface area contributed by atoms with Gasteiger partial charge in [-0.25, -0.2) is 9.18 Å². The van der Waals surface area contributed by atoms with Gasteiger partial charge in [-0.2, -0.15) is 0 Å². The van der Waals surface area contributed by atoms with Gasteiger partial charge in [-0.15, -0.1) is 4.68 Å². The van der Waals surface area contributed by atoms with E-state index in [1.807, 2.05) is 0 Å². The van der Waals surface area contributed by atoms with Crippen LogP contribution in [-0.4, -0.2) is 25.8 Å². The van der Waals surface area contributed by atoms with Gasteiger partial charge in [0.2, 0.25) is 0 Å². The maximum Gasteiger partial charge on any atom is 0.408 e. The molecule has 0 spiro atoms. The predicted octanol–water partition coefficient (Wildman–Crippen LogP) is 0.997. The topological polar surface area (TPSA) is 98.3 Å². The third-order valence-electron chi connectivity index (χ3n) is 1.28. The molecule has 0 aliphatic rings. The van der Waals surface area contributed by atoms with Crippen LogP contribution in [0.1, 0.15) is 6.30 Å². The van der Waals surface area contributed by atoms with Crippen LogP contribution < -0.4 is 0 Å². The van der Waals surface area contributed by atoms with Gasteiger partial charge in [0.1, 0.15) is 0 Å². The lowest BCUT2D eigenvalue weighted by Gasteiger charge is -1.95. The molecule has 1 aromatic rings. The minimum absolute atomic E-state index is 0.267. The first-order chi connectivity index (χ1) is 6.43. The number of hydrogen-bond donors (Lipinski definition) is 1. The highest BCUT2D eigenvalue weighted by molar-refractivity contribution is 6.32. The quantitative estimate of drug-likeness (QED) is 0.609. The normalized spacial score (nSPS) is 12.4. The van der Waals surface area contributed by atoms with Crippen LogP contribution in [0.25, 0.3) is 0 Å². The maximum absolute atomic E-state index is 12.7. The van der Waals surface area contributed by atoms with Crippen LogP contribution in [-0.2, 0) is 4.79 Å². The number of nitrogens with zero attached hydrogens (tertiary/aromatic N) is 3. The standard InChI is InChI=1S/C5H3ClFN3O4/c6-2-1-9(3(7)5(11)12)8-4(2)10(13)14/h1,3H,(H,11,12). The third kappa shape index (κ3) is 1.79. The Labute approximate surface area is 80.8 Å². The first-order valence-electron chi connectivity index (χ1n) is 3.19. The molecule has 1 rings (SSSR count). The van der Waals surface area contributed by atoms with Crippen molar-refractivity contribution in [3.63, 3.8) is 0 Å². The van der Waals surface area contributed by atoms with Crippen molar-refractivity contribution in [2.75, 3.05) is 0 Å². The monoisotopic (exact) mass is 223 g/mol. The Morgan fingerprint density at radius 1 is 1.86 bits per heavy atom. The minimum atomic E-state index is -2.49. The number of aliphatic carboxylic acids is 1. The van der Waals surface area contributed by atoms with Gasteiger partial charge in [-0.05, 0) is 4.92 Å². The van der Waals surface area contributed by atoms with E-state index in [0.717, 1.165) is 6.20 Å². The molecule has 1 aromatic heterocycles. The molecular formula is C5H3ClFN3O4. The van der Waals surface area contributed by atoms with Crippen molar-refractivity contribution in [3.8, 4) is 0 Å². The summed E-state index contributed by atoms with van der Waals surface area (Å²) in [4.78, 5) is 19.4. The summed E-state index contributed by atoms with van der Waals surface area (Å²) in [5.41, 5.74) is 0. The summed E-state index contributed by atoms with van der Waals surface area (Å²) in [6.07, 6.45) is -1.75. The second-order valence-electron chi connectivity index (χ2n) is 2.21. The molecule has 1 heterocycles. The Morgan fingerprint density at radius 3 is 2.79 bits per heavy atom. The van der Waals surface area contributed by atoms with Crippen molar-refractivity contribution in [1.29, 1.82) is 0 Å². The van der Waals surface area contributed by atoms with Crippen LogP contribution in [0.2, 0.25) is 5.02 Å². The maximum atomic E-state index is 12.7. The number of aromatic nitrogens is 2. The number of alkyl halides is 1. The van der Waals surface area contributed by atoms with E-state index in [1.165, 1.54) is 0 Å². The van der Waals surface area contributed by atoms with Crippen LogP contribution in [0.5, 0.6) is 0 Å². The highest BCUT2D eigenvalue weighted by atomic mass is 35.5. The zero-order valence-corrected chi connectivity index (χ0v) is 7.18. The minimum Gasteiger partial charge on any atom is -0.478 e. The number of rotatable bonds is 3. The SMILES string of the molecule is O=C(O)C(F)n1cc(Cl)c([N+](=O)[O-])n1. The van der Waals surface area contributed by atoms with Crippen molar-refractivity contribution in [2.24, 2.45) is 0 Å². The van der Waals surface area contributed by atoms with E-state index >= 15 is 0 Å². The van der Waals surface area contributed by atoms with Gasteiger partial charge in [-0.1, -0.05) is 11.6 Å². The number of carboxylic acids is 1. The number of nitro groups is 1. The summed E-state index contributed by atoms with van der Waals surface area (Å²) in [5.74, 6) is -2.59. The van der Waals surface area contributed by atoms with Crippen LogP contribution >= 0.6 is 11.6 Å². The predicted molar refractivity (Wildman–Crippen MR) is 41.7 cm³/mol. The molecule has 0 saturated heterocycles. The van der Waals surface area contributed by atoms with E-state index in [1.54, 1.807) is 0 Å². The second-order valence-corrected chi connectivity index (χ2v) is 2.62.